The Balaban J connectivity index is 1.80. The van der Waals surface area contributed by atoms with Crippen molar-refractivity contribution in [2.75, 3.05) is 13.7 Å². The lowest BCUT2D eigenvalue weighted by Crippen LogP contribution is -2.41. The van der Waals surface area contributed by atoms with E-state index in [1.165, 1.54) is 24.8 Å². The van der Waals surface area contributed by atoms with Crippen LogP contribution in [0.4, 0.5) is 0 Å². The average molecular weight is 512 g/mol. The van der Waals surface area contributed by atoms with Crippen LogP contribution < -0.4 is 15.0 Å². The van der Waals surface area contributed by atoms with E-state index in [1.807, 2.05) is 48.5 Å². The highest BCUT2D eigenvalue weighted by Crippen LogP contribution is 2.30. The van der Waals surface area contributed by atoms with Crippen molar-refractivity contribution in [3.8, 4) is 11.5 Å². The number of carbonyl (C=O) groups is 1. The monoisotopic (exact) mass is 511 g/mol. The highest BCUT2D eigenvalue weighted by molar-refractivity contribution is 7.92. The Bertz CT molecular complexity index is 1170. The summed E-state index contributed by atoms with van der Waals surface area (Å²) in [4.78, 5) is 12.8. The number of hydrogen-bond acceptors (Lipinski definition) is 6. The van der Waals surface area contributed by atoms with Gasteiger partial charge < -0.3 is 9.47 Å². The zero-order valence-electron chi connectivity index (χ0n) is 20.4. The first-order chi connectivity index (χ1) is 17.5. The molecule has 0 aliphatic carbocycles. The zero-order valence-corrected chi connectivity index (χ0v) is 21.2. The van der Waals surface area contributed by atoms with Gasteiger partial charge in [0.1, 0.15) is 11.5 Å². The summed E-state index contributed by atoms with van der Waals surface area (Å²) in [6.07, 6.45) is 2.57. The average Bonchev–Trinajstić information content (AvgIpc) is 2.92. The first-order valence-electron chi connectivity index (χ1n) is 12.0. The molecule has 0 unspecified atom stereocenters. The standard InChI is InChI=1S/C28H33NO6S/c1-34-23-16-18-25(19-17-23)36(32,33)27(15-9-8-12-22-10-4-2-5-11-22)26(28(30)29-31)20-21-35-24-13-6-3-7-14-24/h2-7,10-11,13-14,16-19,26-27,31H,8-9,12,15,20-21H2,1H3,(H,29,30)/t26-,27+/m0/s1. The molecule has 3 aromatic rings. The molecule has 0 saturated carbocycles. The van der Waals surface area contributed by atoms with E-state index in [-0.39, 0.29) is 24.3 Å². The number of hydrogen-bond donors (Lipinski definition) is 2. The van der Waals surface area contributed by atoms with Crippen LogP contribution >= 0.6 is 0 Å². The van der Waals surface area contributed by atoms with Gasteiger partial charge in [0.25, 0.3) is 0 Å². The minimum atomic E-state index is -3.90. The summed E-state index contributed by atoms with van der Waals surface area (Å²) < 4.78 is 38.4. The third-order valence-corrected chi connectivity index (χ3v) is 8.46. The Morgan fingerprint density at radius 2 is 1.50 bits per heavy atom. The molecule has 3 aromatic carbocycles. The van der Waals surface area contributed by atoms with Crippen LogP contribution in [-0.2, 0) is 21.1 Å². The maximum Gasteiger partial charge on any atom is 0.247 e. The van der Waals surface area contributed by atoms with Crippen molar-refractivity contribution < 1.29 is 27.9 Å². The van der Waals surface area contributed by atoms with E-state index >= 15 is 0 Å². The third-order valence-electron chi connectivity index (χ3n) is 6.17. The van der Waals surface area contributed by atoms with E-state index in [2.05, 4.69) is 0 Å². The van der Waals surface area contributed by atoms with Crippen LogP contribution in [0.1, 0.15) is 31.2 Å². The van der Waals surface area contributed by atoms with Crippen LogP contribution in [0.5, 0.6) is 11.5 Å². The largest absolute Gasteiger partial charge is 0.497 e. The molecule has 1 amide bonds. The maximum absolute atomic E-state index is 13.7. The fourth-order valence-corrected chi connectivity index (χ4v) is 6.26. The van der Waals surface area contributed by atoms with Gasteiger partial charge in [0.05, 0.1) is 29.8 Å². The highest BCUT2D eigenvalue weighted by Gasteiger charge is 2.38. The SMILES string of the molecule is COc1ccc(S(=O)(=O)[C@H](CCCCc2ccccc2)[C@H](CCOc2ccccc2)C(=O)NO)cc1. The summed E-state index contributed by atoms with van der Waals surface area (Å²) in [5.74, 6) is -0.577. The number of methoxy groups -OCH3 is 1. The third kappa shape index (κ3) is 7.57. The molecule has 2 N–H and O–H groups in total. The van der Waals surface area contributed by atoms with Gasteiger partial charge in [-0.1, -0.05) is 55.0 Å². The fraction of sp³-hybridized carbons (Fsp3) is 0.321. The van der Waals surface area contributed by atoms with Gasteiger partial charge in [-0.05, 0) is 67.6 Å². The summed E-state index contributed by atoms with van der Waals surface area (Å²) in [6, 6.07) is 25.2. The minimum Gasteiger partial charge on any atom is -0.497 e. The second-order valence-electron chi connectivity index (χ2n) is 8.52. The lowest BCUT2D eigenvalue weighted by Gasteiger charge is -2.26. The molecule has 2 atom stereocenters. The van der Waals surface area contributed by atoms with Crippen molar-refractivity contribution in [1.29, 1.82) is 0 Å². The van der Waals surface area contributed by atoms with Crippen LogP contribution in [0.25, 0.3) is 0 Å². The molecule has 0 aliphatic rings. The van der Waals surface area contributed by atoms with Crippen molar-refractivity contribution in [2.24, 2.45) is 5.92 Å². The van der Waals surface area contributed by atoms with Gasteiger partial charge in [-0.2, -0.15) is 0 Å². The molecule has 7 nitrogen and oxygen atoms in total. The molecule has 0 heterocycles. The van der Waals surface area contributed by atoms with Gasteiger partial charge in [0, 0.05) is 0 Å². The molecule has 3 rings (SSSR count). The quantitative estimate of drug-likeness (QED) is 0.182. The van der Waals surface area contributed by atoms with E-state index in [0.29, 0.717) is 17.9 Å². The van der Waals surface area contributed by atoms with Gasteiger partial charge in [-0.25, -0.2) is 13.9 Å². The second-order valence-corrected chi connectivity index (χ2v) is 10.7. The number of aryl methyl sites for hydroxylation is 1. The molecule has 8 heteroatoms. The number of ether oxygens (including phenoxy) is 2. The molecular formula is C28H33NO6S. The topological polar surface area (TPSA) is 102 Å². The van der Waals surface area contributed by atoms with Crippen LogP contribution in [0.15, 0.2) is 89.8 Å². The summed E-state index contributed by atoms with van der Waals surface area (Å²) in [7, 11) is -2.40. The van der Waals surface area contributed by atoms with Crippen molar-refractivity contribution in [3.05, 3.63) is 90.5 Å². The number of benzene rings is 3. The Morgan fingerprint density at radius 1 is 0.861 bits per heavy atom. The van der Waals surface area contributed by atoms with E-state index < -0.39 is 26.9 Å². The predicted octanol–water partition coefficient (Wildman–Crippen LogP) is 4.84. The fourth-order valence-electron chi connectivity index (χ4n) is 4.22. The molecule has 0 aromatic heterocycles. The molecule has 0 saturated heterocycles. The second kappa shape index (κ2) is 13.7. The van der Waals surface area contributed by atoms with E-state index in [1.54, 1.807) is 29.7 Å². The van der Waals surface area contributed by atoms with Crippen molar-refractivity contribution in [2.45, 2.75) is 42.2 Å². The maximum atomic E-state index is 13.7. The van der Waals surface area contributed by atoms with Gasteiger partial charge in [0.15, 0.2) is 9.84 Å². The Kier molecular flexibility index (Phi) is 10.3. The Morgan fingerprint density at radius 3 is 2.11 bits per heavy atom. The van der Waals surface area contributed by atoms with Crippen molar-refractivity contribution in [3.63, 3.8) is 0 Å². The van der Waals surface area contributed by atoms with Crippen LogP contribution in [-0.4, -0.2) is 38.5 Å². The number of hydroxylamine groups is 1. The number of unbranched alkanes of at least 4 members (excludes halogenated alkanes) is 1. The van der Waals surface area contributed by atoms with E-state index in [9.17, 15) is 18.4 Å². The predicted molar refractivity (Wildman–Crippen MR) is 138 cm³/mol. The summed E-state index contributed by atoms with van der Waals surface area (Å²) >= 11 is 0. The smallest absolute Gasteiger partial charge is 0.247 e. The molecule has 192 valence electrons. The number of amides is 1. The van der Waals surface area contributed by atoms with Crippen LogP contribution in [0, 0.1) is 5.92 Å². The lowest BCUT2D eigenvalue weighted by molar-refractivity contribution is -0.134. The summed E-state index contributed by atoms with van der Waals surface area (Å²) in [5.41, 5.74) is 2.85. The van der Waals surface area contributed by atoms with Crippen molar-refractivity contribution >= 4 is 15.7 Å². The van der Waals surface area contributed by atoms with Crippen molar-refractivity contribution in [1.82, 2.24) is 5.48 Å². The normalized spacial score (nSPS) is 12.9. The van der Waals surface area contributed by atoms with Gasteiger partial charge in [-0.3, -0.25) is 10.0 Å². The zero-order chi connectivity index (χ0) is 25.8. The highest BCUT2D eigenvalue weighted by atomic mass is 32.2. The lowest BCUT2D eigenvalue weighted by atomic mass is 9.95. The number of carbonyl (C=O) groups excluding carboxylic acids is 1. The molecule has 0 spiro atoms. The van der Waals surface area contributed by atoms with Crippen LogP contribution in [0.3, 0.4) is 0 Å². The first-order valence-corrected chi connectivity index (χ1v) is 13.5. The molecular weight excluding hydrogens is 478 g/mol. The molecule has 0 aliphatic heterocycles. The molecule has 0 bridgehead atoms. The number of para-hydroxylation sites is 1. The number of nitrogens with one attached hydrogen (secondary N) is 1. The molecule has 0 radical (unpaired) electrons. The summed E-state index contributed by atoms with van der Waals surface area (Å²) in [6.45, 7) is 0.126. The van der Waals surface area contributed by atoms with E-state index in [0.717, 1.165) is 12.8 Å². The Hall–Kier alpha value is -3.36. The summed E-state index contributed by atoms with van der Waals surface area (Å²) in [5, 5.41) is 8.41. The minimum absolute atomic E-state index is 0.107. The number of sulfone groups is 1. The Labute approximate surface area is 213 Å². The molecule has 0 fully saturated rings. The number of rotatable bonds is 14. The first kappa shape index (κ1) is 27.2. The van der Waals surface area contributed by atoms with Crippen LogP contribution in [0.2, 0.25) is 0 Å². The van der Waals surface area contributed by atoms with Gasteiger partial charge in [0.2, 0.25) is 5.91 Å². The van der Waals surface area contributed by atoms with Gasteiger partial charge >= 0.3 is 0 Å². The molecule has 36 heavy (non-hydrogen) atoms. The van der Waals surface area contributed by atoms with E-state index in [4.69, 9.17) is 9.47 Å². The van der Waals surface area contributed by atoms with Gasteiger partial charge in [-0.15, -0.1) is 0 Å².